The van der Waals surface area contributed by atoms with E-state index in [1.165, 1.54) is 0 Å². The lowest BCUT2D eigenvalue weighted by atomic mass is 9.92. The first kappa shape index (κ1) is 13.5. The van der Waals surface area contributed by atoms with Gasteiger partial charge >= 0.3 is 0 Å². The van der Waals surface area contributed by atoms with Crippen molar-refractivity contribution in [1.82, 2.24) is 15.5 Å². The fourth-order valence-corrected chi connectivity index (χ4v) is 2.48. The van der Waals surface area contributed by atoms with Gasteiger partial charge in [0.2, 0.25) is 0 Å². The van der Waals surface area contributed by atoms with Gasteiger partial charge in [0.05, 0.1) is 0 Å². The molecule has 0 unspecified atom stereocenters. The van der Waals surface area contributed by atoms with Crippen molar-refractivity contribution in [2.75, 3.05) is 13.1 Å². The summed E-state index contributed by atoms with van der Waals surface area (Å²) in [6.07, 6.45) is 1.75. The largest absolute Gasteiger partial charge is 0.380 e. The smallest absolute Gasteiger partial charge is 0.258 e. The van der Waals surface area contributed by atoms with E-state index in [0.29, 0.717) is 36.0 Å². The number of aromatic nitrogens is 2. The van der Waals surface area contributed by atoms with E-state index in [1.54, 1.807) is 0 Å². The van der Waals surface area contributed by atoms with E-state index in [9.17, 15) is 5.11 Å². The summed E-state index contributed by atoms with van der Waals surface area (Å²) in [6.45, 7) is 1.51. The molecule has 1 saturated heterocycles. The molecule has 1 aromatic carbocycles. The first-order valence-corrected chi connectivity index (χ1v) is 7.04. The van der Waals surface area contributed by atoms with Crippen molar-refractivity contribution in [1.29, 1.82) is 0 Å². The second-order valence-electron chi connectivity index (χ2n) is 5.10. The maximum atomic E-state index is 10.5. The van der Waals surface area contributed by atoms with Gasteiger partial charge in [0.15, 0.2) is 5.82 Å². The first-order valence-electron chi connectivity index (χ1n) is 6.66. The molecular formula is C14H16ClN3O2. The molecule has 0 atom stereocenters. The van der Waals surface area contributed by atoms with Crippen LogP contribution in [0.25, 0.3) is 0 Å². The topological polar surface area (TPSA) is 71.2 Å². The second-order valence-corrected chi connectivity index (χ2v) is 5.54. The van der Waals surface area contributed by atoms with Gasteiger partial charge in [0.25, 0.3) is 5.89 Å². The summed E-state index contributed by atoms with van der Waals surface area (Å²) in [4.78, 5) is 4.33. The minimum atomic E-state index is -0.990. The monoisotopic (exact) mass is 293 g/mol. The van der Waals surface area contributed by atoms with Crippen molar-refractivity contribution in [2.24, 2.45) is 0 Å². The maximum Gasteiger partial charge on any atom is 0.258 e. The van der Waals surface area contributed by atoms with Gasteiger partial charge in [-0.15, -0.1) is 0 Å². The number of aliphatic hydroxyl groups is 1. The lowest BCUT2D eigenvalue weighted by Crippen LogP contribution is -2.39. The molecule has 2 N–H and O–H groups in total. The Morgan fingerprint density at radius 1 is 1.25 bits per heavy atom. The zero-order chi connectivity index (χ0) is 14.0. The average molecular weight is 294 g/mol. The Labute approximate surface area is 122 Å². The van der Waals surface area contributed by atoms with Crippen LogP contribution in [0.4, 0.5) is 0 Å². The Kier molecular flexibility index (Phi) is 3.74. The fourth-order valence-electron chi connectivity index (χ4n) is 2.35. The van der Waals surface area contributed by atoms with Crippen molar-refractivity contribution >= 4 is 11.6 Å². The Hall–Kier alpha value is -1.43. The summed E-state index contributed by atoms with van der Waals surface area (Å²) >= 11 is 5.85. The molecule has 3 rings (SSSR count). The molecule has 1 aliphatic heterocycles. The Morgan fingerprint density at radius 2 is 1.95 bits per heavy atom. The number of piperidine rings is 1. The molecule has 5 nitrogen and oxygen atoms in total. The molecule has 20 heavy (non-hydrogen) atoms. The third-order valence-electron chi connectivity index (χ3n) is 3.57. The van der Waals surface area contributed by atoms with Crippen molar-refractivity contribution < 1.29 is 9.63 Å². The van der Waals surface area contributed by atoms with Crippen LogP contribution in [0.5, 0.6) is 0 Å². The standard InChI is InChI=1S/C14H16ClN3O2/c15-11-3-1-10(2-4-11)9-12-17-13(20-18-12)14(19)5-7-16-8-6-14/h1-4,16,19H,5-9H2. The van der Waals surface area contributed by atoms with E-state index in [0.717, 1.165) is 18.7 Å². The van der Waals surface area contributed by atoms with Crippen LogP contribution < -0.4 is 5.32 Å². The highest BCUT2D eigenvalue weighted by atomic mass is 35.5. The van der Waals surface area contributed by atoms with Crippen LogP contribution in [-0.4, -0.2) is 28.3 Å². The summed E-state index contributed by atoms with van der Waals surface area (Å²) in [6, 6.07) is 7.52. The zero-order valence-electron chi connectivity index (χ0n) is 11.0. The van der Waals surface area contributed by atoms with E-state index in [1.807, 2.05) is 24.3 Å². The molecule has 106 valence electrons. The third kappa shape index (κ3) is 2.85. The van der Waals surface area contributed by atoms with Gasteiger partial charge in [-0.25, -0.2) is 0 Å². The van der Waals surface area contributed by atoms with Gasteiger partial charge in [-0.2, -0.15) is 4.98 Å². The zero-order valence-corrected chi connectivity index (χ0v) is 11.7. The van der Waals surface area contributed by atoms with Crippen LogP contribution in [0.1, 0.15) is 30.1 Å². The quantitative estimate of drug-likeness (QED) is 0.904. The molecule has 1 aromatic heterocycles. The lowest BCUT2D eigenvalue weighted by Gasteiger charge is -2.28. The van der Waals surface area contributed by atoms with Crippen LogP contribution in [0, 0.1) is 0 Å². The molecule has 0 spiro atoms. The number of nitrogens with one attached hydrogen (secondary N) is 1. The SMILES string of the molecule is OC1(c2nc(Cc3ccc(Cl)cc3)no2)CCNCC1. The Morgan fingerprint density at radius 3 is 2.65 bits per heavy atom. The number of hydrogen-bond donors (Lipinski definition) is 2. The maximum absolute atomic E-state index is 10.5. The Balaban J connectivity index is 1.74. The highest BCUT2D eigenvalue weighted by molar-refractivity contribution is 6.30. The van der Waals surface area contributed by atoms with Crippen LogP contribution in [0.2, 0.25) is 5.02 Å². The summed E-state index contributed by atoms with van der Waals surface area (Å²) < 4.78 is 5.24. The van der Waals surface area contributed by atoms with Crippen molar-refractivity contribution in [2.45, 2.75) is 24.9 Å². The van der Waals surface area contributed by atoms with Crippen LogP contribution >= 0.6 is 11.6 Å². The minimum absolute atomic E-state index is 0.322. The molecule has 1 fully saturated rings. The molecule has 0 aliphatic carbocycles. The van der Waals surface area contributed by atoms with Crippen molar-refractivity contribution in [3.63, 3.8) is 0 Å². The molecule has 0 saturated carbocycles. The van der Waals surface area contributed by atoms with Crippen LogP contribution in [-0.2, 0) is 12.0 Å². The van der Waals surface area contributed by atoms with Gasteiger partial charge in [-0.05, 0) is 43.6 Å². The summed E-state index contributed by atoms with van der Waals surface area (Å²) in [5, 5.41) is 18.4. The minimum Gasteiger partial charge on any atom is -0.380 e. The fraction of sp³-hybridized carbons (Fsp3) is 0.429. The molecule has 6 heteroatoms. The second kappa shape index (κ2) is 5.52. The van der Waals surface area contributed by atoms with Gasteiger partial charge < -0.3 is 14.9 Å². The van der Waals surface area contributed by atoms with Crippen molar-refractivity contribution in [3.8, 4) is 0 Å². The van der Waals surface area contributed by atoms with E-state index in [2.05, 4.69) is 15.5 Å². The van der Waals surface area contributed by atoms with Gasteiger partial charge in [-0.1, -0.05) is 28.9 Å². The first-order chi connectivity index (χ1) is 9.66. The van der Waals surface area contributed by atoms with Gasteiger partial charge in [0, 0.05) is 11.4 Å². The molecule has 2 heterocycles. The van der Waals surface area contributed by atoms with Crippen LogP contribution in [0.15, 0.2) is 28.8 Å². The number of benzene rings is 1. The summed E-state index contributed by atoms with van der Waals surface area (Å²) in [7, 11) is 0. The third-order valence-corrected chi connectivity index (χ3v) is 3.82. The molecule has 1 aliphatic rings. The lowest BCUT2D eigenvalue weighted by molar-refractivity contribution is -0.0228. The number of halogens is 1. The molecular weight excluding hydrogens is 278 g/mol. The molecule has 2 aromatic rings. The number of hydrogen-bond acceptors (Lipinski definition) is 5. The van der Waals surface area contributed by atoms with Gasteiger partial charge in [-0.3, -0.25) is 0 Å². The van der Waals surface area contributed by atoms with Gasteiger partial charge in [0.1, 0.15) is 5.60 Å². The molecule has 0 bridgehead atoms. The number of rotatable bonds is 3. The van der Waals surface area contributed by atoms with E-state index >= 15 is 0 Å². The molecule has 0 radical (unpaired) electrons. The molecule has 0 amide bonds. The summed E-state index contributed by atoms with van der Waals surface area (Å²) in [5.74, 6) is 0.900. The average Bonchev–Trinajstić information content (AvgIpc) is 2.92. The van der Waals surface area contributed by atoms with E-state index < -0.39 is 5.60 Å². The van der Waals surface area contributed by atoms with E-state index in [4.69, 9.17) is 16.1 Å². The predicted octanol–water partition coefficient (Wildman–Crippen LogP) is 1.88. The van der Waals surface area contributed by atoms with Crippen molar-refractivity contribution in [3.05, 3.63) is 46.6 Å². The summed E-state index contributed by atoms with van der Waals surface area (Å²) in [5.41, 5.74) is 0.0651. The highest BCUT2D eigenvalue weighted by Gasteiger charge is 2.36. The Bertz CT molecular complexity index is 576. The highest BCUT2D eigenvalue weighted by Crippen LogP contribution is 2.29. The number of nitrogens with zero attached hydrogens (tertiary/aromatic N) is 2. The predicted molar refractivity (Wildman–Crippen MR) is 74.6 cm³/mol. The normalized spacial score (nSPS) is 18.1. The van der Waals surface area contributed by atoms with E-state index in [-0.39, 0.29) is 0 Å². The van der Waals surface area contributed by atoms with Crippen LogP contribution in [0.3, 0.4) is 0 Å².